The number of carbonyl (C=O) groups is 1. The standard InChI is InChI=1S/C15H9Cl3O/c16-12-7-4-10(5-8-12)14(19)9-6-11-2-1-3-13(17)15(11)18/h1-9H. The number of ketones is 1. The molecule has 96 valence electrons. The molecule has 0 saturated carbocycles. The van der Waals surface area contributed by atoms with Gasteiger partial charge < -0.3 is 0 Å². The Hall–Kier alpha value is -1.28. The minimum atomic E-state index is -0.118. The molecule has 0 heterocycles. The summed E-state index contributed by atoms with van der Waals surface area (Å²) in [6.45, 7) is 0. The smallest absolute Gasteiger partial charge is 0.185 e. The molecule has 2 aromatic rings. The maximum absolute atomic E-state index is 11.9. The highest BCUT2D eigenvalue weighted by Gasteiger charge is 2.04. The fourth-order valence-electron chi connectivity index (χ4n) is 1.53. The number of benzene rings is 2. The van der Waals surface area contributed by atoms with Gasteiger partial charge in [0.05, 0.1) is 10.0 Å². The van der Waals surface area contributed by atoms with Crippen LogP contribution in [0.15, 0.2) is 48.5 Å². The van der Waals surface area contributed by atoms with Crippen LogP contribution in [-0.4, -0.2) is 5.78 Å². The Balaban J connectivity index is 2.21. The van der Waals surface area contributed by atoms with Crippen molar-refractivity contribution in [1.29, 1.82) is 0 Å². The Morgan fingerprint density at radius 2 is 1.63 bits per heavy atom. The lowest BCUT2D eigenvalue weighted by molar-refractivity contribution is 0.104. The van der Waals surface area contributed by atoms with Crippen molar-refractivity contribution in [2.45, 2.75) is 0 Å². The van der Waals surface area contributed by atoms with Crippen molar-refractivity contribution in [1.82, 2.24) is 0 Å². The van der Waals surface area contributed by atoms with E-state index in [0.717, 1.165) is 0 Å². The van der Waals surface area contributed by atoms with Crippen molar-refractivity contribution in [2.75, 3.05) is 0 Å². The second-order valence-electron chi connectivity index (χ2n) is 3.85. The predicted octanol–water partition coefficient (Wildman–Crippen LogP) is 5.54. The first kappa shape index (κ1) is 14.1. The largest absolute Gasteiger partial charge is 0.289 e. The van der Waals surface area contributed by atoms with Gasteiger partial charge in [0, 0.05) is 10.6 Å². The van der Waals surface area contributed by atoms with Gasteiger partial charge in [-0.15, -0.1) is 0 Å². The summed E-state index contributed by atoms with van der Waals surface area (Å²) in [7, 11) is 0. The molecule has 0 aliphatic carbocycles. The van der Waals surface area contributed by atoms with E-state index in [1.807, 2.05) is 0 Å². The molecule has 19 heavy (non-hydrogen) atoms. The average molecular weight is 312 g/mol. The zero-order valence-electron chi connectivity index (χ0n) is 9.74. The van der Waals surface area contributed by atoms with Crippen molar-refractivity contribution in [3.05, 3.63) is 74.7 Å². The Labute approximate surface area is 126 Å². The van der Waals surface area contributed by atoms with E-state index in [1.165, 1.54) is 6.08 Å². The molecule has 1 nitrogen and oxygen atoms in total. The summed E-state index contributed by atoms with van der Waals surface area (Å²) in [6, 6.07) is 12.0. The zero-order valence-corrected chi connectivity index (χ0v) is 12.0. The predicted molar refractivity (Wildman–Crippen MR) is 81.3 cm³/mol. The normalized spacial score (nSPS) is 10.9. The van der Waals surface area contributed by atoms with E-state index >= 15 is 0 Å². The van der Waals surface area contributed by atoms with Crippen LogP contribution < -0.4 is 0 Å². The van der Waals surface area contributed by atoms with Gasteiger partial charge in [0.1, 0.15) is 0 Å². The number of hydrogen-bond acceptors (Lipinski definition) is 1. The first-order chi connectivity index (χ1) is 9.08. The highest BCUT2D eigenvalue weighted by molar-refractivity contribution is 6.42. The monoisotopic (exact) mass is 310 g/mol. The molecule has 0 fully saturated rings. The van der Waals surface area contributed by atoms with E-state index in [-0.39, 0.29) is 5.78 Å². The van der Waals surface area contributed by atoms with Crippen LogP contribution in [0.2, 0.25) is 15.1 Å². The molecular formula is C15H9Cl3O. The van der Waals surface area contributed by atoms with Gasteiger partial charge in [-0.1, -0.05) is 46.9 Å². The second-order valence-corrected chi connectivity index (χ2v) is 5.07. The third-order valence-corrected chi connectivity index (χ3v) is 3.61. The molecule has 2 aromatic carbocycles. The highest BCUT2D eigenvalue weighted by Crippen LogP contribution is 2.26. The Morgan fingerprint density at radius 1 is 0.947 bits per heavy atom. The Morgan fingerprint density at radius 3 is 2.32 bits per heavy atom. The first-order valence-electron chi connectivity index (χ1n) is 5.50. The van der Waals surface area contributed by atoms with Crippen LogP contribution in [-0.2, 0) is 0 Å². The van der Waals surface area contributed by atoms with Crippen LogP contribution in [0.1, 0.15) is 15.9 Å². The van der Waals surface area contributed by atoms with Gasteiger partial charge in [-0.3, -0.25) is 4.79 Å². The summed E-state index contributed by atoms with van der Waals surface area (Å²) >= 11 is 17.7. The van der Waals surface area contributed by atoms with Gasteiger partial charge in [-0.25, -0.2) is 0 Å². The summed E-state index contributed by atoms with van der Waals surface area (Å²) in [4.78, 5) is 11.9. The van der Waals surface area contributed by atoms with E-state index in [9.17, 15) is 4.79 Å². The molecule has 0 aliphatic heterocycles. The molecule has 0 spiro atoms. The third-order valence-electron chi connectivity index (χ3n) is 2.52. The van der Waals surface area contributed by atoms with Crippen LogP contribution in [0.4, 0.5) is 0 Å². The fourth-order valence-corrected chi connectivity index (χ4v) is 2.02. The number of carbonyl (C=O) groups excluding carboxylic acids is 1. The average Bonchev–Trinajstić information content (AvgIpc) is 2.41. The number of hydrogen-bond donors (Lipinski definition) is 0. The van der Waals surface area contributed by atoms with E-state index in [0.29, 0.717) is 26.2 Å². The summed E-state index contributed by atoms with van der Waals surface area (Å²) in [5.41, 5.74) is 1.27. The molecule has 0 bridgehead atoms. The summed E-state index contributed by atoms with van der Waals surface area (Å²) < 4.78 is 0. The van der Waals surface area contributed by atoms with Crippen LogP contribution in [0, 0.1) is 0 Å². The van der Waals surface area contributed by atoms with Gasteiger partial charge in [-0.2, -0.15) is 0 Å². The van der Waals surface area contributed by atoms with Crippen molar-refractivity contribution < 1.29 is 4.79 Å². The fraction of sp³-hybridized carbons (Fsp3) is 0. The van der Waals surface area contributed by atoms with Gasteiger partial charge in [-0.05, 0) is 48.0 Å². The summed E-state index contributed by atoms with van der Waals surface area (Å²) in [6.07, 6.45) is 3.10. The summed E-state index contributed by atoms with van der Waals surface area (Å²) in [5, 5.41) is 1.49. The van der Waals surface area contributed by atoms with Gasteiger partial charge in [0.15, 0.2) is 5.78 Å². The molecule has 0 aromatic heterocycles. The van der Waals surface area contributed by atoms with E-state index in [2.05, 4.69) is 0 Å². The van der Waals surface area contributed by atoms with Crippen LogP contribution in [0.3, 0.4) is 0 Å². The molecule has 0 aliphatic rings. The van der Waals surface area contributed by atoms with Crippen LogP contribution in [0.25, 0.3) is 6.08 Å². The van der Waals surface area contributed by atoms with Crippen LogP contribution in [0.5, 0.6) is 0 Å². The molecule has 4 heteroatoms. The number of rotatable bonds is 3. The zero-order chi connectivity index (χ0) is 13.8. The van der Waals surface area contributed by atoms with Crippen molar-refractivity contribution in [3.63, 3.8) is 0 Å². The molecule has 2 rings (SSSR count). The molecular weight excluding hydrogens is 303 g/mol. The van der Waals surface area contributed by atoms with E-state index < -0.39 is 0 Å². The molecule has 0 amide bonds. The SMILES string of the molecule is O=C(C=Cc1cccc(Cl)c1Cl)c1ccc(Cl)cc1. The van der Waals surface area contributed by atoms with Crippen molar-refractivity contribution in [2.24, 2.45) is 0 Å². The lowest BCUT2D eigenvalue weighted by Gasteiger charge is -2.00. The topological polar surface area (TPSA) is 17.1 Å². The Kier molecular flexibility index (Phi) is 4.65. The van der Waals surface area contributed by atoms with Crippen molar-refractivity contribution in [3.8, 4) is 0 Å². The quantitative estimate of drug-likeness (QED) is 0.537. The maximum atomic E-state index is 11.9. The number of halogens is 3. The molecule has 0 N–H and O–H groups in total. The highest BCUT2D eigenvalue weighted by atomic mass is 35.5. The second kappa shape index (κ2) is 6.25. The molecule has 0 atom stereocenters. The molecule has 0 unspecified atom stereocenters. The van der Waals surface area contributed by atoms with Crippen molar-refractivity contribution >= 4 is 46.7 Å². The first-order valence-corrected chi connectivity index (χ1v) is 6.63. The Bertz CT molecular complexity index is 630. The van der Waals surface area contributed by atoms with Gasteiger partial charge >= 0.3 is 0 Å². The lowest BCUT2D eigenvalue weighted by Crippen LogP contribution is -1.93. The van der Waals surface area contributed by atoms with Gasteiger partial charge in [0.2, 0.25) is 0 Å². The third kappa shape index (κ3) is 3.60. The minimum Gasteiger partial charge on any atom is -0.289 e. The van der Waals surface area contributed by atoms with E-state index in [1.54, 1.807) is 48.5 Å². The summed E-state index contributed by atoms with van der Waals surface area (Å²) in [5.74, 6) is -0.118. The molecule has 0 radical (unpaired) electrons. The van der Waals surface area contributed by atoms with Gasteiger partial charge in [0.25, 0.3) is 0 Å². The maximum Gasteiger partial charge on any atom is 0.185 e. The number of allylic oxidation sites excluding steroid dienone is 1. The molecule has 0 saturated heterocycles. The van der Waals surface area contributed by atoms with Crippen LogP contribution >= 0.6 is 34.8 Å². The minimum absolute atomic E-state index is 0.118. The lowest BCUT2D eigenvalue weighted by atomic mass is 10.1. The van der Waals surface area contributed by atoms with E-state index in [4.69, 9.17) is 34.8 Å².